The summed E-state index contributed by atoms with van der Waals surface area (Å²) < 4.78 is 0. The van der Waals surface area contributed by atoms with Gasteiger partial charge in [0.2, 0.25) is 0 Å². The second kappa shape index (κ2) is 11.9. The van der Waals surface area contributed by atoms with E-state index >= 15 is 0 Å². The number of benzene rings is 8. The predicted octanol–water partition coefficient (Wildman–Crippen LogP) is 13.0. The third-order valence-electron chi connectivity index (χ3n) is 10.0. The van der Waals surface area contributed by atoms with E-state index in [2.05, 4.69) is 163 Å². The van der Waals surface area contributed by atoms with E-state index in [0.717, 1.165) is 28.2 Å². The summed E-state index contributed by atoms with van der Waals surface area (Å²) in [4.78, 5) is 12.2. The van der Waals surface area contributed by atoms with Crippen LogP contribution in [0.5, 0.6) is 0 Å². The Morgan fingerprint density at radius 1 is 0.353 bits per heavy atom. The molecule has 0 N–H and O–H groups in total. The van der Waals surface area contributed by atoms with E-state index in [4.69, 9.17) is 9.97 Å². The molecule has 0 aliphatic carbocycles. The highest BCUT2D eigenvalue weighted by atomic mass is 15.2. The maximum absolute atomic E-state index is 5.15. The van der Waals surface area contributed by atoms with E-state index in [1.165, 1.54) is 65.3 Å². The number of aromatic nitrogens is 2. The number of pyridine rings is 2. The van der Waals surface area contributed by atoms with Crippen LogP contribution in [0.1, 0.15) is 0 Å². The van der Waals surface area contributed by atoms with Gasteiger partial charge in [0, 0.05) is 17.3 Å². The van der Waals surface area contributed by atoms with Crippen molar-refractivity contribution in [2.24, 2.45) is 0 Å². The van der Waals surface area contributed by atoms with Crippen molar-refractivity contribution in [2.45, 2.75) is 0 Å². The largest absolute Gasteiger partial charge is 0.279 e. The van der Waals surface area contributed by atoms with Crippen LogP contribution >= 0.6 is 0 Å². The van der Waals surface area contributed by atoms with E-state index in [9.17, 15) is 0 Å². The van der Waals surface area contributed by atoms with Gasteiger partial charge in [0.05, 0.1) is 5.52 Å². The van der Waals surface area contributed by atoms with Crippen LogP contribution in [0, 0.1) is 0 Å². The Morgan fingerprint density at radius 2 is 0.902 bits per heavy atom. The minimum atomic E-state index is 0.808. The minimum Gasteiger partial charge on any atom is -0.279 e. The van der Waals surface area contributed by atoms with E-state index in [-0.39, 0.29) is 0 Å². The molecule has 2 aromatic heterocycles. The highest BCUT2D eigenvalue weighted by Gasteiger charge is 2.21. The monoisotopic (exact) mass is 649 g/mol. The van der Waals surface area contributed by atoms with Gasteiger partial charge in [0.1, 0.15) is 11.6 Å². The lowest BCUT2D eigenvalue weighted by atomic mass is 9.85. The highest BCUT2D eigenvalue weighted by molar-refractivity contribution is 6.22. The van der Waals surface area contributed by atoms with Gasteiger partial charge in [-0.25, -0.2) is 9.97 Å². The molecule has 10 rings (SSSR count). The third-order valence-corrected chi connectivity index (χ3v) is 10.0. The third kappa shape index (κ3) is 4.98. The molecule has 0 bridgehead atoms. The molecule has 0 unspecified atom stereocenters. The fourth-order valence-electron chi connectivity index (χ4n) is 7.66. The molecule has 51 heavy (non-hydrogen) atoms. The molecule has 0 saturated heterocycles. The van der Waals surface area contributed by atoms with Gasteiger partial charge in [-0.15, -0.1) is 0 Å². The first kappa shape index (κ1) is 29.1. The fraction of sp³-hybridized carbons (Fsp3) is 0. The van der Waals surface area contributed by atoms with Crippen molar-refractivity contribution in [3.05, 3.63) is 188 Å². The van der Waals surface area contributed by atoms with E-state index in [1.54, 1.807) is 0 Å². The molecular weight excluding hydrogens is 619 g/mol. The lowest BCUT2D eigenvalue weighted by Crippen LogP contribution is -2.13. The van der Waals surface area contributed by atoms with E-state index < -0.39 is 0 Å². The predicted molar refractivity (Wildman–Crippen MR) is 215 cm³/mol. The molecule has 8 aromatic carbocycles. The highest BCUT2D eigenvalue weighted by Crippen LogP contribution is 2.46. The number of hydrogen-bond acceptors (Lipinski definition) is 3. The van der Waals surface area contributed by atoms with Crippen LogP contribution in [0.25, 0.3) is 76.2 Å². The zero-order chi connectivity index (χ0) is 33.7. The lowest BCUT2D eigenvalue weighted by molar-refractivity contribution is 1.14. The lowest BCUT2D eigenvalue weighted by Gasteiger charge is -2.25. The van der Waals surface area contributed by atoms with E-state index in [1.807, 2.05) is 30.5 Å². The molecule has 3 nitrogen and oxygen atoms in total. The van der Waals surface area contributed by atoms with E-state index in [0.29, 0.717) is 0 Å². The Bertz CT molecular complexity index is 2930. The van der Waals surface area contributed by atoms with Crippen LogP contribution < -0.4 is 4.90 Å². The molecule has 0 aliphatic heterocycles. The van der Waals surface area contributed by atoms with Crippen molar-refractivity contribution < 1.29 is 0 Å². The molecular formula is C48H31N3. The van der Waals surface area contributed by atoms with Crippen LogP contribution in [0.3, 0.4) is 0 Å². The standard InChI is InChI=1S/C48H31N3/c1-3-14-35-29-37(22-20-32(35)11-1)47-40-16-6-7-17-41(40)48(38-23-21-33-12-2-4-15-36(33)30-38)43-31-39(25-26-42(43)47)51(45-19-9-10-28-49-45)46-27-24-34-13-5-8-18-44(34)50-46/h1-31H. The Balaban J connectivity index is 1.30. The number of rotatable bonds is 5. The zero-order valence-electron chi connectivity index (χ0n) is 27.7. The van der Waals surface area contributed by atoms with Gasteiger partial charge in [-0.05, 0) is 120 Å². The first-order valence-electron chi connectivity index (χ1n) is 17.3. The van der Waals surface area contributed by atoms with Gasteiger partial charge in [-0.1, -0.05) is 127 Å². The van der Waals surface area contributed by atoms with Crippen molar-refractivity contribution in [3.63, 3.8) is 0 Å². The van der Waals surface area contributed by atoms with Crippen LogP contribution in [0.4, 0.5) is 17.3 Å². The van der Waals surface area contributed by atoms with Gasteiger partial charge in [0.15, 0.2) is 0 Å². The Kier molecular flexibility index (Phi) is 6.81. The van der Waals surface area contributed by atoms with Gasteiger partial charge < -0.3 is 0 Å². The molecule has 10 aromatic rings. The summed E-state index contributed by atoms with van der Waals surface area (Å²) in [5.41, 5.74) is 6.76. The second-order valence-corrected chi connectivity index (χ2v) is 13.0. The first-order valence-corrected chi connectivity index (χ1v) is 17.3. The molecule has 0 aliphatic rings. The molecule has 0 spiro atoms. The van der Waals surface area contributed by atoms with Crippen molar-refractivity contribution in [2.75, 3.05) is 4.90 Å². The molecule has 2 heterocycles. The smallest absolute Gasteiger partial charge is 0.139 e. The Hall–Kier alpha value is -6.84. The Morgan fingerprint density at radius 3 is 1.57 bits per heavy atom. The molecule has 0 saturated carbocycles. The van der Waals surface area contributed by atoms with Gasteiger partial charge in [-0.2, -0.15) is 0 Å². The maximum atomic E-state index is 5.15. The average Bonchev–Trinajstić information content (AvgIpc) is 3.20. The first-order chi connectivity index (χ1) is 25.3. The number of para-hydroxylation sites is 1. The molecule has 0 amide bonds. The minimum absolute atomic E-state index is 0.808. The van der Waals surface area contributed by atoms with Crippen LogP contribution in [0.15, 0.2) is 188 Å². The molecule has 0 radical (unpaired) electrons. The van der Waals surface area contributed by atoms with Crippen molar-refractivity contribution in [3.8, 4) is 22.3 Å². The summed E-state index contributed by atoms with van der Waals surface area (Å²) in [6.07, 6.45) is 1.84. The normalized spacial score (nSPS) is 11.5. The van der Waals surface area contributed by atoms with Crippen LogP contribution in [-0.2, 0) is 0 Å². The zero-order valence-corrected chi connectivity index (χ0v) is 27.7. The fourth-order valence-corrected chi connectivity index (χ4v) is 7.66. The SMILES string of the molecule is c1ccc(N(c2ccc3c(-c4ccc5ccccc5c4)c4ccccc4c(-c4ccc5ccccc5c4)c3c2)c2ccc3ccccc3n2)nc1. The summed E-state index contributed by atoms with van der Waals surface area (Å²) in [5.74, 6) is 1.62. The van der Waals surface area contributed by atoms with Gasteiger partial charge in [-0.3, -0.25) is 4.90 Å². The summed E-state index contributed by atoms with van der Waals surface area (Å²) >= 11 is 0. The topological polar surface area (TPSA) is 29.0 Å². The second-order valence-electron chi connectivity index (χ2n) is 13.0. The van der Waals surface area contributed by atoms with Crippen molar-refractivity contribution in [1.29, 1.82) is 0 Å². The maximum Gasteiger partial charge on any atom is 0.139 e. The number of fused-ring (bicyclic) bond motifs is 5. The Labute approximate surface area is 295 Å². The van der Waals surface area contributed by atoms with Crippen molar-refractivity contribution >= 4 is 71.3 Å². The van der Waals surface area contributed by atoms with Crippen LogP contribution in [-0.4, -0.2) is 9.97 Å². The molecule has 0 fully saturated rings. The summed E-state index contributed by atoms with van der Waals surface area (Å²) in [7, 11) is 0. The average molecular weight is 650 g/mol. The number of hydrogen-bond donors (Lipinski definition) is 0. The van der Waals surface area contributed by atoms with Gasteiger partial charge in [0.25, 0.3) is 0 Å². The molecule has 3 heteroatoms. The molecule has 238 valence electrons. The van der Waals surface area contributed by atoms with Gasteiger partial charge >= 0.3 is 0 Å². The van der Waals surface area contributed by atoms with Crippen molar-refractivity contribution in [1.82, 2.24) is 9.97 Å². The summed E-state index contributed by atoms with van der Waals surface area (Å²) in [6, 6.07) is 65.1. The number of nitrogens with zero attached hydrogens (tertiary/aromatic N) is 3. The summed E-state index contributed by atoms with van der Waals surface area (Å²) in [5, 5.41) is 10.8. The van der Waals surface area contributed by atoms with Crippen LogP contribution in [0.2, 0.25) is 0 Å². The quantitative estimate of drug-likeness (QED) is 0.174. The summed E-state index contributed by atoms with van der Waals surface area (Å²) in [6.45, 7) is 0. The molecule has 0 atom stereocenters. The number of anilines is 3.